The van der Waals surface area contributed by atoms with Crippen LogP contribution in [0.3, 0.4) is 0 Å². The Morgan fingerprint density at radius 3 is 2.53 bits per heavy atom. The summed E-state index contributed by atoms with van der Waals surface area (Å²) in [6.45, 7) is 14.2. The van der Waals surface area contributed by atoms with Crippen LogP contribution >= 0.6 is 0 Å². The van der Waals surface area contributed by atoms with Gasteiger partial charge in [-0.3, -0.25) is 0 Å². The maximum atomic E-state index is 6.38. The van der Waals surface area contributed by atoms with Gasteiger partial charge in [0.05, 0.1) is 0 Å². The minimum atomic E-state index is 0.417. The third-order valence-electron chi connectivity index (χ3n) is 4.82. The van der Waals surface area contributed by atoms with Gasteiger partial charge in [-0.1, -0.05) is 33.6 Å². The molecule has 2 unspecified atom stereocenters. The molecule has 1 fully saturated rings. The van der Waals surface area contributed by atoms with E-state index in [9.17, 15) is 0 Å². The smallest absolute Gasteiger partial charge is 0.00797 e. The quantitative estimate of drug-likeness (QED) is 0.706. The highest BCUT2D eigenvalue weighted by Gasteiger charge is 2.34. The van der Waals surface area contributed by atoms with Crippen molar-refractivity contribution in [1.29, 1.82) is 0 Å². The Balaban J connectivity index is 2.51. The first-order chi connectivity index (χ1) is 8.85. The van der Waals surface area contributed by atoms with Crippen molar-refractivity contribution < 1.29 is 0 Å². The fraction of sp³-hybridized carbons (Fsp3) is 1.00. The van der Waals surface area contributed by atoms with Crippen LogP contribution in [-0.4, -0.2) is 30.1 Å². The zero-order valence-electron chi connectivity index (χ0n) is 13.9. The van der Waals surface area contributed by atoms with Crippen molar-refractivity contribution in [3.8, 4) is 0 Å². The third kappa shape index (κ3) is 5.83. The molecular weight excluding hydrogens is 232 g/mol. The van der Waals surface area contributed by atoms with Gasteiger partial charge in [0.15, 0.2) is 0 Å². The summed E-state index contributed by atoms with van der Waals surface area (Å²) in [4.78, 5) is 2.65. The molecule has 0 aromatic rings. The summed E-state index contributed by atoms with van der Waals surface area (Å²) in [5, 5.41) is 0. The van der Waals surface area contributed by atoms with Gasteiger partial charge in [-0.25, -0.2) is 0 Å². The van der Waals surface area contributed by atoms with Gasteiger partial charge < -0.3 is 10.6 Å². The van der Waals surface area contributed by atoms with Crippen molar-refractivity contribution in [3.63, 3.8) is 0 Å². The van der Waals surface area contributed by atoms with Crippen LogP contribution in [0, 0.1) is 11.3 Å². The van der Waals surface area contributed by atoms with E-state index in [1.165, 1.54) is 51.6 Å². The fourth-order valence-corrected chi connectivity index (χ4v) is 3.38. The van der Waals surface area contributed by atoms with E-state index < -0.39 is 0 Å². The molecule has 1 saturated carbocycles. The lowest BCUT2D eigenvalue weighted by Gasteiger charge is -2.42. The average molecular weight is 268 g/mol. The van der Waals surface area contributed by atoms with E-state index in [2.05, 4.69) is 39.5 Å². The second-order valence-electron chi connectivity index (χ2n) is 7.63. The van der Waals surface area contributed by atoms with Gasteiger partial charge >= 0.3 is 0 Å². The van der Waals surface area contributed by atoms with Crippen LogP contribution in [0.2, 0.25) is 0 Å². The van der Waals surface area contributed by atoms with E-state index in [1.54, 1.807) is 0 Å². The Hall–Kier alpha value is -0.0800. The molecule has 2 N–H and O–H groups in total. The normalized spacial score (nSPS) is 27.2. The first-order valence-corrected chi connectivity index (χ1v) is 8.35. The summed E-state index contributed by atoms with van der Waals surface area (Å²) in [6.07, 6.45) is 7.79. The zero-order chi connectivity index (χ0) is 14.5. The van der Waals surface area contributed by atoms with Crippen LogP contribution in [0.4, 0.5) is 0 Å². The SMILES string of the molecule is CCCCCN(CC1CC(C)(C)CCC1N)C(C)C. The first-order valence-electron chi connectivity index (χ1n) is 8.35. The highest BCUT2D eigenvalue weighted by atomic mass is 15.1. The molecule has 0 radical (unpaired) electrons. The van der Waals surface area contributed by atoms with Gasteiger partial charge in [-0.15, -0.1) is 0 Å². The van der Waals surface area contributed by atoms with Crippen molar-refractivity contribution in [1.82, 2.24) is 4.90 Å². The maximum Gasteiger partial charge on any atom is 0.00797 e. The van der Waals surface area contributed by atoms with Crippen LogP contribution in [0.5, 0.6) is 0 Å². The van der Waals surface area contributed by atoms with E-state index in [-0.39, 0.29) is 0 Å². The van der Waals surface area contributed by atoms with Crippen LogP contribution in [0.1, 0.15) is 73.1 Å². The summed E-state index contributed by atoms with van der Waals surface area (Å²) in [5.74, 6) is 0.688. The number of unbranched alkanes of at least 4 members (excludes halogenated alkanes) is 2. The highest BCUT2D eigenvalue weighted by molar-refractivity contribution is 4.89. The van der Waals surface area contributed by atoms with E-state index in [1.807, 2.05) is 0 Å². The summed E-state index contributed by atoms with van der Waals surface area (Å²) in [5.41, 5.74) is 6.87. The van der Waals surface area contributed by atoms with Crippen LogP contribution in [-0.2, 0) is 0 Å². The third-order valence-corrected chi connectivity index (χ3v) is 4.82. The average Bonchev–Trinajstić information content (AvgIpc) is 2.32. The molecule has 2 atom stereocenters. The molecule has 1 aliphatic carbocycles. The van der Waals surface area contributed by atoms with Gasteiger partial charge in [0.1, 0.15) is 0 Å². The van der Waals surface area contributed by atoms with Gasteiger partial charge in [0.25, 0.3) is 0 Å². The highest BCUT2D eigenvalue weighted by Crippen LogP contribution is 2.38. The molecule has 0 aromatic carbocycles. The lowest BCUT2D eigenvalue weighted by molar-refractivity contribution is 0.0993. The molecule has 1 rings (SSSR count). The van der Waals surface area contributed by atoms with E-state index in [0.717, 1.165) is 0 Å². The van der Waals surface area contributed by atoms with Gasteiger partial charge in [-0.05, 0) is 57.4 Å². The second kappa shape index (κ2) is 7.64. The summed E-state index contributed by atoms with van der Waals surface area (Å²) in [6, 6.07) is 1.06. The van der Waals surface area contributed by atoms with E-state index in [0.29, 0.717) is 23.4 Å². The molecule has 2 heteroatoms. The van der Waals surface area contributed by atoms with Crippen molar-refractivity contribution in [2.45, 2.75) is 85.2 Å². The molecule has 0 saturated heterocycles. The number of hydrogen-bond donors (Lipinski definition) is 1. The van der Waals surface area contributed by atoms with Crippen molar-refractivity contribution in [2.75, 3.05) is 13.1 Å². The lowest BCUT2D eigenvalue weighted by Crippen LogP contribution is -2.46. The molecule has 0 amide bonds. The van der Waals surface area contributed by atoms with Crippen LogP contribution in [0.25, 0.3) is 0 Å². The number of rotatable bonds is 7. The molecule has 19 heavy (non-hydrogen) atoms. The Bertz CT molecular complexity index is 248. The Labute approximate surface area is 121 Å². The van der Waals surface area contributed by atoms with Crippen molar-refractivity contribution in [3.05, 3.63) is 0 Å². The predicted molar refractivity (Wildman–Crippen MR) is 85.3 cm³/mol. The molecule has 2 nitrogen and oxygen atoms in total. The Morgan fingerprint density at radius 1 is 1.26 bits per heavy atom. The summed E-state index contributed by atoms with van der Waals surface area (Å²) in [7, 11) is 0. The zero-order valence-corrected chi connectivity index (χ0v) is 13.9. The van der Waals surface area contributed by atoms with E-state index in [4.69, 9.17) is 5.73 Å². The minimum Gasteiger partial charge on any atom is -0.327 e. The van der Waals surface area contributed by atoms with Gasteiger partial charge in [0.2, 0.25) is 0 Å². The summed E-state index contributed by atoms with van der Waals surface area (Å²) >= 11 is 0. The molecule has 0 aromatic heterocycles. The Morgan fingerprint density at radius 2 is 1.95 bits per heavy atom. The minimum absolute atomic E-state index is 0.417. The topological polar surface area (TPSA) is 29.3 Å². The van der Waals surface area contributed by atoms with Gasteiger partial charge in [-0.2, -0.15) is 0 Å². The standard InChI is InChI=1S/C17H36N2/c1-6-7-8-11-19(14(2)3)13-15-12-17(4,5)10-9-16(15)18/h14-16H,6-13,18H2,1-5H3. The molecule has 0 bridgehead atoms. The van der Waals surface area contributed by atoms with Crippen molar-refractivity contribution in [2.24, 2.45) is 17.1 Å². The fourth-order valence-electron chi connectivity index (χ4n) is 3.38. The summed E-state index contributed by atoms with van der Waals surface area (Å²) < 4.78 is 0. The number of hydrogen-bond acceptors (Lipinski definition) is 2. The molecule has 0 aliphatic heterocycles. The van der Waals surface area contributed by atoms with Gasteiger partial charge in [0, 0.05) is 18.6 Å². The van der Waals surface area contributed by atoms with Crippen molar-refractivity contribution >= 4 is 0 Å². The predicted octanol–water partition coefficient (Wildman–Crippen LogP) is 4.04. The second-order valence-corrected chi connectivity index (χ2v) is 7.63. The first kappa shape index (κ1) is 17.0. The monoisotopic (exact) mass is 268 g/mol. The van der Waals surface area contributed by atoms with Crippen LogP contribution < -0.4 is 5.73 Å². The number of nitrogens with zero attached hydrogens (tertiary/aromatic N) is 1. The molecule has 114 valence electrons. The molecule has 1 aliphatic rings. The molecule has 0 spiro atoms. The molecular formula is C17H36N2. The number of nitrogens with two attached hydrogens (primary N) is 1. The van der Waals surface area contributed by atoms with E-state index >= 15 is 0 Å². The maximum absolute atomic E-state index is 6.38. The largest absolute Gasteiger partial charge is 0.327 e. The lowest BCUT2D eigenvalue weighted by atomic mass is 9.70. The van der Waals surface area contributed by atoms with Crippen LogP contribution in [0.15, 0.2) is 0 Å². The molecule has 0 heterocycles. The Kier molecular flexibility index (Phi) is 6.82.